The van der Waals surface area contributed by atoms with Crippen LogP contribution < -0.4 is 10.6 Å². The highest BCUT2D eigenvalue weighted by molar-refractivity contribution is 9.11. The highest BCUT2D eigenvalue weighted by Crippen LogP contribution is 2.21. The third-order valence-electron chi connectivity index (χ3n) is 1.59. The van der Waals surface area contributed by atoms with E-state index in [1.54, 1.807) is 6.07 Å². The zero-order valence-electron chi connectivity index (χ0n) is 8.12. The number of carbonyl (C=O) groups excluding carboxylic acids is 2. The van der Waals surface area contributed by atoms with Gasteiger partial charge in [-0.25, -0.2) is 0 Å². The Morgan fingerprint density at radius 2 is 2.06 bits per heavy atom. The van der Waals surface area contributed by atoms with Crippen molar-refractivity contribution < 1.29 is 9.59 Å². The Hall–Kier alpha value is -1.39. The molecule has 0 radical (unpaired) electrons. The summed E-state index contributed by atoms with van der Waals surface area (Å²) in [6.07, 6.45) is 0. The lowest BCUT2D eigenvalue weighted by molar-refractivity contribution is -0.139. The number of hydrogen-bond donors (Lipinski definition) is 2. The van der Waals surface area contributed by atoms with E-state index in [-0.39, 0.29) is 6.54 Å². The summed E-state index contributed by atoms with van der Waals surface area (Å²) in [6.45, 7) is 0.131. The van der Waals surface area contributed by atoms with Crippen LogP contribution in [0.5, 0.6) is 0 Å². The number of amides is 2. The molecule has 0 bridgehead atoms. The quantitative estimate of drug-likeness (QED) is 0.639. The number of hydrogen-bond acceptors (Lipinski definition) is 4. The van der Waals surface area contributed by atoms with Crippen LogP contribution in [0.4, 0.5) is 0 Å². The Kier molecular flexibility index (Phi) is 4.95. The van der Waals surface area contributed by atoms with Crippen molar-refractivity contribution >= 4 is 39.1 Å². The molecule has 0 atom stereocenters. The van der Waals surface area contributed by atoms with E-state index in [9.17, 15) is 9.59 Å². The molecule has 0 aliphatic carbocycles. The molecule has 0 aliphatic heterocycles. The maximum Gasteiger partial charge on any atom is 0.310 e. The molecule has 0 fully saturated rings. The molecule has 1 heterocycles. The van der Waals surface area contributed by atoms with E-state index in [1.807, 2.05) is 12.1 Å². The van der Waals surface area contributed by atoms with Crippen LogP contribution in [-0.2, 0) is 16.1 Å². The highest BCUT2D eigenvalue weighted by atomic mass is 79.9. The van der Waals surface area contributed by atoms with Gasteiger partial charge in [0, 0.05) is 4.88 Å². The molecule has 7 heteroatoms. The Morgan fingerprint density at radius 1 is 1.38 bits per heavy atom. The maximum absolute atomic E-state index is 11.2. The molecule has 0 saturated heterocycles. The number of nitrogens with zero attached hydrogens (tertiary/aromatic N) is 1. The van der Waals surface area contributed by atoms with Crippen molar-refractivity contribution in [2.45, 2.75) is 6.54 Å². The molecule has 0 unspecified atom stereocenters. The number of thiophene rings is 1. The molecule has 84 valence electrons. The fraction of sp³-hybridized carbons (Fsp3) is 0.222. The van der Waals surface area contributed by atoms with Gasteiger partial charge in [-0.2, -0.15) is 5.26 Å². The lowest BCUT2D eigenvalue weighted by Gasteiger charge is -2.02. The molecule has 1 aromatic rings. The van der Waals surface area contributed by atoms with Crippen molar-refractivity contribution in [1.82, 2.24) is 10.6 Å². The summed E-state index contributed by atoms with van der Waals surface area (Å²) in [5.74, 6) is -1.53. The molecule has 1 rings (SSSR count). The molecular weight excluding hydrogens is 294 g/mol. The van der Waals surface area contributed by atoms with Gasteiger partial charge in [0.1, 0.15) is 6.54 Å². The number of nitriles is 1. The summed E-state index contributed by atoms with van der Waals surface area (Å²) < 4.78 is 0.964. The van der Waals surface area contributed by atoms with Crippen molar-refractivity contribution in [2.24, 2.45) is 0 Å². The number of halogens is 1. The molecule has 1 aromatic heterocycles. The van der Waals surface area contributed by atoms with Crippen LogP contribution in [0.1, 0.15) is 4.88 Å². The largest absolute Gasteiger partial charge is 0.343 e. The molecule has 5 nitrogen and oxygen atoms in total. The molecular formula is C9H8BrN3O2S. The second kappa shape index (κ2) is 6.25. The third-order valence-corrected chi connectivity index (χ3v) is 3.21. The predicted molar refractivity (Wildman–Crippen MR) is 62.5 cm³/mol. The van der Waals surface area contributed by atoms with Gasteiger partial charge in [-0.15, -0.1) is 11.3 Å². The second-order valence-electron chi connectivity index (χ2n) is 2.73. The van der Waals surface area contributed by atoms with Crippen molar-refractivity contribution in [1.29, 1.82) is 5.26 Å². The average molecular weight is 302 g/mol. The monoisotopic (exact) mass is 301 g/mol. The minimum atomic E-state index is -0.794. The first-order valence-electron chi connectivity index (χ1n) is 4.30. The zero-order chi connectivity index (χ0) is 12.0. The van der Waals surface area contributed by atoms with Crippen LogP contribution in [0.25, 0.3) is 0 Å². The summed E-state index contributed by atoms with van der Waals surface area (Å²) in [6, 6.07) is 5.43. The van der Waals surface area contributed by atoms with Gasteiger partial charge in [-0.1, -0.05) is 0 Å². The lowest BCUT2D eigenvalue weighted by Crippen LogP contribution is -2.39. The zero-order valence-corrected chi connectivity index (χ0v) is 10.5. The minimum absolute atomic E-state index is 0.170. The normalized spacial score (nSPS) is 9.25. The van der Waals surface area contributed by atoms with Crippen LogP contribution >= 0.6 is 27.3 Å². The average Bonchev–Trinajstić information content (AvgIpc) is 2.68. The van der Waals surface area contributed by atoms with Gasteiger partial charge in [0.25, 0.3) is 0 Å². The molecule has 0 aliphatic rings. The van der Waals surface area contributed by atoms with Crippen LogP contribution in [0.2, 0.25) is 0 Å². The molecule has 2 N–H and O–H groups in total. The number of rotatable bonds is 3. The van der Waals surface area contributed by atoms with E-state index < -0.39 is 11.8 Å². The molecule has 2 amide bonds. The Balaban J connectivity index is 2.35. The Bertz CT molecular complexity index is 438. The van der Waals surface area contributed by atoms with Crippen molar-refractivity contribution in [3.05, 3.63) is 20.8 Å². The summed E-state index contributed by atoms with van der Waals surface area (Å²) in [4.78, 5) is 23.2. The summed E-state index contributed by atoms with van der Waals surface area (Å²) in [5, 5.41) is 12.8. The standard InChI is InChI=1S/C9H8BrN3O2S/c10-7-2-1-6(16-7)5-13-9(15)8(14)12-4-3-11/h1-2H,4-5H2,(H,12,14)(H,13,15). The third kappa shape index (κ3) is 4.00. The number of nitrogens with one attached hydrogen (secondary N) is 2. The fourth-order valence-corrected chi connectivity index (χ4v) is 2.32. The van der Waals surface area contributed by atoms with E-state index in [2.05, 4.69) is 26.6 Å². The maximum atomic E-state index is 11.2. The Morgan fingerprint density at radius 3 is 2.62 bits per heavy atom. The van der Waals surface area contributed by atoms with Gasteiger partial charge in [-0.05, 0) is 28.1 Å². The molecule has 0 saturated carbocycles. The Labute approximate surface area is 105 Å². The van der Waals surface area contributed by atoms with E-state index in [4.69, 9.17) is 5.26 Å². The van der Waals surface area contributed by atoms with Gasteiger partial charge < -0.3 is 10.6 Å². The minimum Gasteiger partial charge on any atom is -0.343 e. The van der Waals surface area contributed by atoms with E-state index >= 15 is 0 Å². The number of carbonyl (C=O) groups is 2. The van der Waals surface area contributed by atoms with Crippen LogP contribution in [0, 0.1) is 11.3 Å². The first kappa shape index (κ1) is 12.7. The molecule has 16 heavy (non-hydrogen) atoms. The van der Waals surface area contributed by atoms with Gasteiger partial charge in [-0.3, -0.25) is 9.59 Å². The first-order chi connectivity index (χ1) is 7.63. The van der Waals surface area contributed by atoms with Crippen LogP contribution in [0.15, 0.2) is 15.9 Å². The topological polar surface area (TPSA) is 82.0 Å². The van der Waals surface area contributed by atoms with Gasteiger partial charge in [0.15, 0.2) is 0 Å². The first-order valence-corrected chi connectivity index (χ1v) is 5.91. The van der Waals surface area contributed by atoms with Gasteiger partial charge >= 0.3 is 11.8 Å². The summed E-state index contributed by atoms with van der Waals surface area (Å²) in [7, 11) is 0. The van der Waals surface area contributed by atoms with Crippen molar-refractivity contribution in [3.63, 3.8) is 0 Å². The van der Waals surface area contributed by atoms with Gasteiger partial charge in [0.2, 0.25) is 0 Å². The van der Waals surface area contributed by atoms with Crippen molar-refractivity contribution in [3.8, 4) is 6.07 Å². The van der Waals surface area contributed by atoms with Crippen molar-refractivity contribution in [2.75, 3.05) is 6.54 Å². The SMILES string of the molecule is N#CCNC(=O)C(=O)NCc1ccc(Br)s1. The lowest BCUT2D eigenvalue weighted by atomic mass is 10.4. The van der Waals surface area contributed by atoms with E-state index in [1.165, 1.54) is 11.3 Å². The van der Waals surface area contributed by atoms with Crippen LogP contribution in [-0.4, -0.2) is 18.4 Å². The van der Waals surface area contributed by atoms with Gasteiger partial charge in [0.05, 0.1) is 16.4 Å². The van der Waals surface area contributed by atoms with E-state index in [0.717, 1.165) is 8.66 Å². The predicted octanol–water partition coefficient (Wildman–Crippen LogP) is 0.767. The summed E-state index contributed by atoms with van der Waals surface area (Å²) in [5.41, 5.74) is 0. The molecule has 0 aromatic carbocycles. The highest BCUT2D eigenvalue weighted by Gasteiger charge is 2.12. The van der Waals surface area contributed by atoms with Crippen LogP contribution in [0.3, 0.4) is 0 Å². The fourth-order valence-electron chi connectivity index (χ4n) is 0.895. The smallest absolute Gasteiger partial charge is 0.310 e. The van der Waals surface area contributed by atoms with E-state index in [0.29, 0.717) is 6.54 Å². The molecule has 0 spiro atoms. The summed E-state index contributed by atoms with van der Waals surface area (Å²) >= 11 is 4.77. The second-order valence-corrected chi connectivity index (χ2v) is 5.28.